The van der Waals surface area contributed by atoms with E-state index in [2.05, 4.69) is 31.0 Å². The van der Waals surface area contributed by atoms with Gasteiger partial charge in [0.05, 0.1) is 12.7 Å². The number of rotatable bonds is 4. The van der Waals surface area contributed by atoms with E-state index < -0.39 is 5.37 Å². The molecule has 4 rings (SSSR count). The lowest BCUT2D eigenvalue weighted by atomic mass is 10.2. The molecule has 3 heterocycles. The van der Waals surface area contributed by atoms with Crippen molar-refractivity contribution in [2.75, 3.05) is 7.11 Å². The first kappa shape index (κ1) is 19.5. The van der Waals surface area contributed by atoms with Gasteiger partial charge in [0.15, 0.2) is 0 Å². The first-order valence-corrected chi connectivity index (χ1v) is 10.2. The molecular formula is C20H14BrFN4O2S. The van der Waals surface area contributed by atoms with E-state index >= 15 is 0 Å². The summed E-state index contributed by atoms with van der Waals surface area (Å²) in [4.78, 5) is 21.5. The van der Waals surface area contributed by atoms with Crippen molar-refractivity contribution in [3.05, 3.63) is 88.0 Å². The van der Waals surface area contributed by atoms with Crippen LogP contribution in [-0.2, 0) is 0 Å². The molecule has 1 unspecified atom stereocenters. The molecule has 9 heteroatoms. The van der Waals surface area contributed by atoms with Crippen molar-refractivity contribution in [1.82, 2.24) is 15.0 Å². The number of nitrogens with zero attached hydrogens (tertiary/aromatic N) is 4. The van der Waals surface area contributed by atoms with E-state index in [0.717, 1.165) is 0 Å². The van der Waals surface area contributed by atoms with Crippen LogP contribution in [0.2, 0.25) is 0 Å². The van der Waals surface area contributed by atoms with Gasteiger partial charge >= 0.3 is 0 Å². The lowest BCUT2D eigenvalue weighted by Crippen LogP contribution is -2.26. The summed E-state index contributed by atoms with van der Waals surface area (Å²) in [5.74, 6) is -0.249. The standard InChI is InChI=1S/C20H14BrFN4O2S/c1-28-17-16(3-2-8-24-17)20-26(19(27)13-9-14(21)11-23-10-13)25-18(29-20)12-4-6-15(22)7-5-12/h2-11,20H,1H3. The molecule has 0 saturated heterocycles. The summed E-state index contributed by atoms with van der Waals surface area (Å²) in [6, 6.07) is 11.3. The minimum atomic E-state index is -0.495. The third-order valence-corrected chi connectivity index (χ3v) is 5.81. The summed E-state index contributed by atoms with van der Waals surface area (Å²) >= 11 is 4.71. The molecule has 6 nitrogen and oxygen atoms in total. The van der Waals surface area contributed by atoms with Crippen LogP contribution in [-0.4, -0.2) is 33.0 Å². The minimum Gasteiger partial charge on any atom is -0.481 e. The van der Waals surface area contributed by atoms with Crippen LogP contribution in [0.4, 0.5) is 4.39 Å². The van der Waals surface area contributed by atoms with Gasteiger partial charge in [-0.25, -0.2) is 14.4 Å². The normalized spacial score (nSPS) is 15.9. The Balaban J connectivity index is 1.77. The van der Waals surface area contributed by atoms with E-state index in [1.54, 1.807) is 36.7 Å². The minimum absolute atomic E-state index is 0.320. The Bertz CT molecular complexity index is 1090. The second-order valence-electron chi connectivity index (χ2n) is 6.03. The first-order valence-electron chi connectivity index (χ1n) is 8.51. The van der Waals surface area contributed by atoms with Crippen molar-refractivity contribution >= 4 is 38.6 Å². The third-order valence-electron chi connectivity index (χ3n) is 4.16. The zero-order valence-corrected chi connectivity index (χ0v) is 17.5. The highest BCUT2D eigenvalue weighted by molar-refractivity contribution is 9.10. The maximum Gasteiger partial charge on any atom is 0.277 e. The number of ether oxygens (including phenoxy) is 1. The predicted molar refractivity (Wildman–Crippen MR) is 112 cm³/mol. The van der Waals surface area contributed by atoms with Crippen LogP contribution < -0.4 is 4.74 Å². The number of thioether (sulfide) groups is 1. The van der Waals surface area contributed by atoms with Gasteiger partial charge in [0.1, 0.15) is 16.2 Å². The summed E-state index contributed by atoms with van der Waals surface area (Å²) in [5.41, 5.74) is 1.81. The summed E-state index contributed by atoms with van der Waals surface area (Å²) in [6.07, 6.45) is 4.71. The van der Waals surface area contributed by atoms with Gasteiger partial charge in [0.25, 0.3) is 5.91 Å². The number of methoxy groups -OCH3 is 1. The van der Waals surface area contributed by atoms with Gasteiger partial charge in [-0.05, 0) is 58.4 Å². The number of hydrogen-bond donors (Lipinski definition) is 0. The number of carbonyl (C=O) groups excluding carboxylic acids is 1. The monoisotopic (exact) mass is 472 g/mol. The number of hydrazone groups is 1. The summed E-state index contributed by atoms with van der Waals surface area (Å²) in [5, 5.41) is 6.02. The third kappa shape index (κ3) is 4.01. The van der Waals surface area contributed by atoms with Crippen LogP contribution >= 0.6 is 27.7 Å². The number of benzene rings is 1. The van der Waals surface area contributed by atoms with E-state index in [1.165, 1.54) is 42.2 Å². The maximum atomic E-state index is 13.3. The molecule has 29 heavy (non-hydrogen) atoms. The van der Waals surface area contributed by atoms with Crippen LogP contribution in [0, 0.1) is 5.82 Å². The maximum absolute atomic E-state index is 13.3. The molecule has 0 spiro atoms. The fourth-order valence-corrected chi connectivity index (χ4v) is 4.35. The molecule has 0 fully saturated rings. The average molecular weight is 473 g/mol. The SMILES string of the molecule is COc1ncccc1C1SC(c2ccc(F)cc2)=NN1C(=O)c1cncc(Br)c1. The second kappa shape index (κ2) is 8.30. The van der Waals surface area contributed by atoms with Crippen LogP contribution in [0.1, 0.15) is 26.9 Å². The van der Waals surface area contributed by atoms with Gasteiger partial charge in [-0.15, -0.1) is 0 Å². The summed E-state index contributed by atoms with van der Waals surface area (Å²) in [7, 11) is 1.53. The lowest BCUT2D eigenvalue weighted by Gasteiger charge is -2.22. The Hall–Kier alpha value is -2.78. The topological polar surface area (TPSA) is 67.7 Å². The second-order valence-corrected chi connectivity index (χ2v) is 8.01. The fraction of sp³-hybridized carbons (Fsp3) is 0.100. The van der Waals surface area contributed by atoms with E-state index in [0.29, 0.717) is 32.1 Å². The smallest absolute Gasteiger partial charge is 0.277 e. The first-order chi connectivity index (χ1) is 14.1. The molecular weight excluding hydrogens is 459 g/mol. The van der Waals surface area contributed by atoms with E-state index in [-0.39, 0.29) is 11.7 Å². The molecule has 1 aromatic carbocycles. The largest absolute Gasteiger partial charge is 0.481 e. The molecule has 3 aromatic rings. The lowest BCUT2D eigenvalue weighted by molar-refractivity contribution is 0.0747. The molecule has 1 atom stereocenters. The number of pyridine rings is 2. The average Bonchev–Trinajstić information content (AvgIpc) is 3.19. The van der Waals surface area contributed by atoms with Crippen molar-refractivity contribution in [3.8, 4) is 5.88 Å². The van der Waals surface area contributed by atoms with Crippen molar-refractivity contribution in [3.63, 3.8) is 0 Å². The number of aromatic nitrogens is 2. The Morgan fingerprint density at radius 1 is 1.24 bits per heavy atom. The molecule has 0 bridgehead atoms. The van der Waals surface area contributed by atoms with E-state index in [1.807, 2.05) is 6.07 Å². The molecule has 146 valence electrons. The molecule has 1 aliphatic heterocycles. The van der Waals surface area contributed by atoms with Gasteiger partial charge < -0.3 is 4.74 Å². The summed E-state index contributed by atoms with van der Waals surface area (Å²) < 4.78 is 19.4. The molecule has 2 aromatic heterocycles. The fourth-order valence-electron chi connectivity index (χ4n) is 2.82. The highest BCUT2D eigenvalue weighted by Gasteiger charge is 2.36. The highest BCUT2D eigenvalue weighted by atomic mass is 79.9. The number of amides is 1. The van der Waals surface area contributed by atoms with Crippen LogP contribution in [0.5, 0.6) is 5.88 Å². The van der Waals surface area contributed by atoms with Crippen LogP contribution in [0.25, 0.3) is 0 Å². The molecule has 1 amide bonds. The van der Waals surface area contributed by atoms with Crippen molar-refractivity contribution in [1.29, 1.82) is 0 Å². The van der Waals surface area contributed by atoms with Gasteiger partial charge in [-0.1, -0.05) is 11.8 Å². The van der Waals surface area contributed by atoms with E-state index in [9.17, 15) is 9.18 Å². The Morgan fingerprint density at radius 2 is 2.03 bits per heavy atom. The molecule has 1 aliphatic rings. The van der Waals surface area contributed by atoms with Crippen LogP contribution in [0.3, 0.4) is 0 Å². The Labute approximate surface area is 178 Å². The van der Waals surface area contributed by atoms with Gasteiger partial charge in [0, 0.05) is 34.2 Å². The summed E-state index contributed by atoms with van der Waals surface area (Å²) in [6.45, 7) is 0. The van der Waals surface area contributed by atoms with E-state index in [4.69, 9.17) is 4.74 Å². The molecule has 0 saturated carbocycles. The van der Waals surface area contributed by atoms with Crippen molar-refractivity contribution in [2.24, 2.45) is 5.10 Å². The molecule has 0 N–H and O–H groups in total. The molecule has 0 radical (unpaired) electrons. The quantitative estimate of drug-likeness (QED) is 0.553. The van der Waals surface area contributed by atoms with Gasteiger partial charge in [-0.2, -0.15) is 5.10 Å². The Kier molecular flexibility index (Phi) is 5.59. The predicted octanol–water partition coefficient (Wildman–Crippen LogP) is 4.64. The Morgan fingerprint density at radius 3 is 2.76 bits per heavy atom. The zero-order chi connectivity index (χ0) is 20.4. The van der Waals surface area contributed by atoms with Crippen LogP contribution in [0.15, 0.2) is 70.6 Å². The van der Waals surface area contributed by atoms with Gasteiger partial charge in [-0.3, -0.25) is 9.78 Å². The molecule has 0 aliphatic carbocycles. The zero-order valence-electron chi connectivity index (χ0n) is 15.1. The van der Waals surface area contributed by atoms with Gasteiger partial charge in [0.2, 0.25) is 5.88 Å². The van der Waals surface area contributed by atoms with Crippen molar-refractivity contribution in [2.45, 2.75) is 5.37 Å². The number of halogens is 2. The number of carbonyl (C=O) groups is 1. The van der Waals surface area contributed by atoms with Crippen molar-refractivity contribution < 1.29 is 13.9 Å². The highest BCUT2D eigenvalue weighted by Crippen LogP contribution is 2.44. The number of hydrogen-bond acceptors (Lipinski definition) is 6.